The number of anilines is 1. The molecule has 0 aromatic heterocycles. The third kappa shape index (κ3) is 2.72. The van der Waals surface area contributed by atoms with E-state index in [-0.39, 0.29) is 17.1 Å². The number of fused-ring (bicyclic) bond motifs is 2. The zero-order valence-electron chi connectivity index (χ0n) is 14.1. The molecule has 1 saturated heterocycles. The van der Waals surface area contributed by atoms with E-state index in [1.165, 1.54) is 24.3 Å². The van der Waals surface area contributed by atoms with E-state index in [0.717, 1.165) is 37.2 Å². The standard InChI is InChI=1S/C20H20F2N2O/c1-23-9-7-20(8-10-23)13-24(18-6-5-16(22)12-17(18)20)19(25)14-3-2-4-15(21)11-14/h2-6,11-12H,7-10,13H2,1H3. The van der Waals surface area contributed by atoms with Crippen LogP contribution in [-0.4, -0.2) is 37.5 Å². The molecule has 2 aliphatic rings. The largest absolute Gasteiger partial charge is 0.307 e. The molecule has 1 fully saturated rings. The maximum atomic E-state index is 13.9. The summed E-state index contributed by atoms with van der Waals surface area (Å²) >= 11 is 0. The van der Waals surface area contributed by atoms with Crippen LogP contribution in [0.25, 0.3) is 0 Å². The smallest absolute Gasteiger partial charge is 0.258 e. The van der Waals surface area contributed by atoms with Crippen LogP contribution in [-0.2, 0) is 5.41 Å². The molecule has 0 radical (unpaired) electrons. The number of piperidine rings is 1. The van der Waals surface area contributed by atoms with Gasteiger partial charge in [0.2, 0.25) is 0 Å². The van der Waals surface area contributed by atoms with Gasteiger partial charge in [-0.25, -0.2) is 8.78 Å². The van der Waals surface area contributed by atoms with E-state index in [2.05, 4.69) is 11.9 Å². The summed E-state index contributed by atoms with van der Waals surface area (Å²) in [6, 6.07) is 10.4. The van der Waals surface area contributed by atoms with Crippen molar-refractivity contribution in [2.24, 2.45) is 0 Å². The van der Waals surface area contributed by atoms with E-state index >= 15 is 0 Å². The summed E-state index contributed by atoms with van der Waals surface area (Å²) in [6.07, 6.45) is 1.76. The van der Waals surface area contributed by atoms with Crippen LogP contribution in [0.4, 0.5) is 14.5 Å². The zero-order valence-corrected chi connectivity index (χ0v) is 14.1. The Kier molecular flexibility index (Phi) is 3.84. The molecule has 2 aliphatic heterocycles. The Labute approximate surface area is 145 Å². The molecule has 0 N–H and O–H groups in total. The van der Waals surface area contributed by atoms with E-state index in [1.807, 2.05) is 0 Å². The lowest BCUT2D eigenvalue weighted by Gasteiger charge is -2.38. The highest BCUT2D eigenvalue weighted by Crippen LogP contribution is 2.47. The van der Waals surface area contributed by atoms with Crippen molar-refractivity contribution in [3.63, 3.8) is 0 Å². The lowest BCUT2D eigenvalue weighted by atomic mass is 9.74. The third-order valence-corrected chi connectivity index (χ3v) is 5.54. The molecule has 0 unspecified atom stereocenters. The minimum absolute atomic E-state index is 0.215. The molecule has 1 spiro atoms. The molecule has 130 valence electrons. The molecule has 2 heterocycles. The molecular weight excluding hydrogens is 322 g/mol. The summed E-state index contributed by atoms with van der Waals surface area (Å²) in [6.45, 7) is 2.35. The molecule has 2 aromatic carbocycles. The summed E-state index contributed by atoms with van der Waals surface area (Å²) in [4.78, 5) is 16.9. The van der Waals surface area contributed by atoms with Crippen molar-refractivity contribution < 1.29 is 13.6 Å². The Morgan fingerprint density at radius 1 is 1.04 bits per heavy atom. The fourth-order valence-electron chi connectivity index (χ4n) is 4.07. The van der Waals surface area contributed by atoms with Gasteiger partial charge in [0, 0.05) is 23.2 Å². The fraction of sp³-hybridized carbons (Fsp3) is 0.350. The van der Waals surface area contributed by atoms with Crippen LogP contribution < -0.4 is 4.90 Å². The van der Waals surface area contributed by atoms with Crippen molar-refractivity contribution in [2.75, 3.05) is 31.6 Å². The molecule has 0 atom stereocenters. The summed E-state index contributed by atoms with van der Waals surface area (Å²) in [5.74, 6) is -0.946. The summed E-state index contributed by atoms with van der Waals surface area (Å²) in [5.41, 5.74) is 1.76. The Balaban J connectivity index is 1.75. The summed E-state index contributed by atoms with van der Waals surface area (Å²) in [7, 11) is 2.07. The van der Waals surface area contributed by atoms with Crippen LogP contribution in [0.15, 0.2) is 42.5 Å². The first kappa shape index (κ1) is 16.2. The van der Waals surface area contributed by atoms with Gasteiger partial charge in [0.15, 0.2) is 0 Å². The monoisotopic (exact) mass is 342 g/mol. The highest BCUT2D eigenvalue weighted by Gasteiger charge is 2.46. The second-order valence-electron chi connectivity index (χ2n) is 7.15. The lowest BCUT2D eigenvalue weighted by Crippen LogP contribution is -2.44. The lowest BCUT2D eigenvalue weighted by molar-refractivity contribution is 0.0978. The van der Waals surface area contributed by atoms with Crippen molar-refractivity contribution in [3.05, 3.63) is 65.2 Å². The van der Waals surface area contributed by atoms with Gasteiger partial charge < -0.3 is 9.80 Å². The second kappa shape index (κ2) is 5.92. The zero-order chi connectivity index (χ0) is 17.6. The molecule has 3 nitrogen and oxygen atoms in total. The van der Waals surface area contributed by atoms with Crippen molar-refractivity contribution in [2.45, 2.75) is 18.3 Å². The van der Waals surface area contributed by atoms with Gasteiger partial charge in [-0.1, -0.05) is 6.07 Å². The van der Waals surface area contributed by atoms with Crippen molar-refractivity contribution in [1.29, 1.82) is 0 Å². The highest BCUT2D eigenvalue weighted by molar-refractivity contribution is 6.07. The van der Waals surface area contributed by atoms with Crippen molar-refractivity contribution in [3.8, 4) is 0 Å². The molecular formula is C20H20F2N2O. The van der Waals surface area contributed by atoms with Crippen LogP contribution in [0.1, 0.15) is 28.8 Å². The molecule has 0 aliphatic carbocycles. The number of rotatable bonds is 1. The Bertz CT molecular complexity index is 828. The predicted molar refractivity (Wildman–Crippen MR) is 92.9 cm³/mol. The van der Waals surface area contributed by atoms with Crippen molar-refractivity contribution in [1.82, 2.24) is 4.90 Å². The highest BCUT2D eigenvalue weighted by atomic mass is 19.1. The number of likely N-dealkylation sites (tertiary alicyclic amines) is 1. The molecule has 25 heavy (non-hydrogen) atoms. The SMILES string of the molecule is CN1CCC2(CC1)CN(C(=O)c1cccc(F)c1)c1ccc(F)cc12. The van der Waals surface area contributed by atoms with Gasteiger partial charge in [0.25, 0.3) is 5.91 Å². The molecule has 0 bridgehead atoms. The number of amides is 1. The Morgan fingerprint density at radius 3 is 2.48 bits per heavy atom. The van der Waals surface area contributed by atoms with Crippen molar-refractivity contribution >= 4 is 11.6 Å². The molecule has 5 heteroatoms. The van der Waals surface area contributed by atoms with Crippen LogP contribution in [0.5, 0.6) is 0 Å². The van der Waals surface area contributed by atoms with Gasteiger partial charge in [-0.05, 0) is 74.9 Å². The number of benzene rings is 2. The van der Waals surface area contributed by atoms with Gasteiger partial charge in [-0.2, -0.15) is 0 Å². The van der Waals surface area contributed by atoms with Gasteiger partial charge in [-0.3, -0.25) is 4.79 Å². The number of nitrogens with zero attached hydrogens (tertiary/aromatic N) is 2. The minimum Gasteiger partial charge on any atom is -0.307 e. The Hall–Kier alpha value is -2.27. The first-order chi connectivity index (χ1) is 12.0. The Morgan fingerprint density at radius 2 is 1.76 bits per heavy atom. The first-order valence-corrected chi connectivity index (χ1v) is 8.55. The van der Waals surface area contributed by atoms with Gasteiger partial charge >= 0.3 is 0 Å². The molecule has 1 amide bonds. The van der Waals surface area contributed by atoms with Crippen LogP contribution in [0.3, 0.4) is 0 Å². The maximum Gasteiger partial charge on any atom is 0.258 e. The quantitative estimate of drug-likeness (QED) is 0.791. The topological polar surface area (TPSA) is 23.6 Å². The number of hydrogen-bond acceptors (Lipinski definition) is 2. The third-order valence-electron chi connectivity index (χ3n) is 5.54. The van der Waals surface area contributed by atoms with Crippen LogP contribution >= 0.6 is 0 Å². The van der Waals surface area contributed by atoms with Crippen LogP contribution in [0, 0.1) is 11.6 Å². The summed E-state index contributed by atoms with van der Waals surface area (Å²) < 4.78 is 27.4. The number of halogens is 2. The maximum absolute atomic E-state index is 13.9. The number of carbonyl (C=O) groups excluding carboxylic acids is 1. The van der Waals surface area contributed by atoms with Crippen LogP contribution in [0.2, 0.25) is 0 Å². The minimum atomic E-state index is -0.432. The van der Waals surface area contributed by atoms with Gasteiger partial charge in [-0.15, -0.1) is 0 Å². The number of carbonyl (C=O) groups is 1. The molecule has 0 saturated carbocycles. The average Bonchev–Trinajstić information content (AvgIpc) is 2.91. The molecule has 4 rings (SSSR count). The van der Waals surface area contributed by atoms with E-state index < -0.39 is 5.82 Å². The predicted octanol–water partition coefficient (Wildman–Crippen LogP) is 3.59. The second-order valence-corrected chi connectivity index (χ2v) is 7.15. The molecule has 2 aromatic rings. The average molecular weight is 342 g/mol. The van der Waals surface area contributed by atoms with Gasteiger partial charge in [0.1, 0.15) is 11.6 Å². The normalized spacial score (nSPS) is 19.2. The van der Waals surface area contributed by atoms with E-state index in [9.17, 15) is 13.6 Å². The summed E-state index contributed by atoms with van der Waals surface area (Å²) in [5, 5.41) is 0. The first-order valence-electron chi connectivity index (χ1n) is 8.55. The number of hydrogen-bond donors (Lipinski definition) is 0. The fourth-order valence-corrected chi connectivity index (χ4v) is 4.07. The van der Waals surface area contributed by atoms with E-state index in [4.69, 9.17) is 0 Å². The van der Waals surface area contributed by atoms with E-state index in [1.54, 1.807) is 23.1 Å². The van der Waals surface area contributed by atoms with Gasteiger partial charge in [0.05, 0.1) is 0 Å². The van der Waals surface area contributed by atoms with E-state index in [0.29, 0.717) is 12.1 Å².